The van der Waals surface area contributed by atoms with Gasteiger partial charge < -0.3 is 4.74 Å². The van der Waals surface area contributed by atoms with Crippen molar-refractivity contribution < 1.29 is 14.1 Å². The lowest BCUT2D eigenvalue weighted by molar-refractivity contribution is -0.385. The molecule has 2 rings (SSSR count). The van der Waals surface area contributed by atoms with Crippen LogP contribution in [0, 0.1) is 15.9 Å². The van der Waals surface area contributed by atoms with E-state index in [0.29, 0.717) is 5.75 Å². The summed E-state index contributed by atoms with van der Waals surface area (Å²) in [6.45, 7) is 0. The molecule has 0 unspecified atom stereocenters. The van der Waals surface area contributed by atoms with Crippen LogP contribution in [0.5, 0.6) is 11.5 Å². The van der Waals surface area contributed by atoms with Crippen LogP contribution < -0.4 is 4.74 Å². The summed E-state index contributed by atoms with van der Waals surface area (Å²) in [4.78, 5) is 11.1. The Hall–Kier alpha value is -2.08. The zero-order chi connectivity index (χ0) is 13.8. The summed E-state index contributed by atoms with van der Waals surface area (Å²) < 4.78 is 18.7. The summed E-state index contributed by atoms with van der Waals surface area (Å²) in [5.41, 5.74) is -0.266. The lowest BCUT2D eigenvalue weighted by Crippen LogP contribution is -1.95. The van der Waals surface area contributed by atoms with Crippen molar-refractivity contribution in [2.75, 3.05) is 6.26 Å². The van der Waals surface area contributed by atoms with Crippen molar-refractivity contribution in [3.63, 3.8) is 0 Å². The van der Waals surface area contributed by atoms with E-state index in [0.717, 1.165) is 23.1 Å². The second-order valence-electron chi connectivity index (χ2n) is 3.62. The molecule has 19 heavy (non-hydrogen) atoms. The first-order valence-corrected chi connectivity index (χ1v) is 6.59. The van der Waals surface area contributed by atoms with Gasteiger partial charge in [0.2, 0.25) is 5.75 Å². The van der Waals surface area contributed by atoms with Crippen molar-refractivity contribution in [2.24, 2.45) is 0 Å². The minimum atomic E-state index is -0.601. The number of ether oxygens (including phenoxy) is 1. The van der Waals surface area contributed by atoms with Gasteiger partial charge in [0.25, 0.3) is 0 Å². The Bertz CT molecular complexity index is 619. The topological polar surface area (TPSA) is 52.4 Å². The van der Waals surface area contributed by atoms with E-state index in [1.54, 1.807) is 12.1 Å². The second-order valence-corrected chi connectivity index (χ2v) is 4.47. The minimum Gasteiger partial charge on any atom is -0.449 e. The molecule has 0 aliphatic heterocycles. The van der Waals surface area contributed by atoms with Crippen LogP contribution in [0.4, 0.5) is 10.1 Å². The van der Waals surface area contributed by atoms with Crippen LogP contribution in [0.1, 0.15) is 0 Å². The number of benzene rings is 2. The van der Waals surface area contributed by atoms with E-state index in [4.69, 9.17) is 4.74 Å². The molecule has 0 radical (unpaired) electrons. The number of nitro benzene ring substituents is 1. The highest BCUT2D eigenvalue weighted by molar-refractivity contribution is 7.98. The molecule has 4 nitrogen and oxygen atoms in total. The third-order valence-corrected chi connectivity index (χ3v) is 3.18. The molecule has 0 heterocycles. The van der Waals surface area contributed by atoms with E-state index in [2.05, 4.69) is 0 Å². The smallest absolute Gasteiger partial charge is 0.311 e. The Morgan fingerprint density at radius 2 is 1.95 bits per heavy atom. The van der Waals surface area contributed by atoms with Gasteiger partial charge in [-0.15, -0.1) is 11.8 Å². The summed E-state index contributed by atoms with van der Waals surface area (Å²) in [6, 6.07) is 10.2. The summed E-state index contributed by atoms with van der Waals surface area (Å²) in [5.74, 6) is -0.225. The molecule has 0 atom stereocenters. The van der Waals surface area contributed by atoms with Crippen molar-refractivity contribution in [3.8, 4) is 11.5 Å². The van der Waals surface area contributed by atoms with E-state index in [1.807, 2.05) is 18.4 Å². The van der Waals surface area contributed by atoms with E-state index in [1.165, 1.54) is 11.8 Å². The zero-order valence-corrected chi connectivity index (χ0v) is 10.8. The second kappa shape index (κ2) is 5.71. The molecule has 2 aromatic rings. The van der Waals surface area contributed by atoms with Crippen molar-refractivity contribution in [2.45, 2.75) is 4.90 Å². The first kappa shape index (κ1) is 13.4. The van der Waals surface area contributed by atoms with Crippen molar-refractivity contribution in [1.29, 1.82) is 0 Å². The van der Waals surface area contributed by atoms with Gasteiger partial charge in [-0.05, 0) is 24.5 Å². The van der Waals surface area contributed by atoms with E-state index in [9.17, 15) is 14.5 Å². The third kappa shape index (κ3) is 3.03. The highest BCUT2D eigenvalue weighted by Gasteiger charge is 2.17. The Labute approximate surface area is 113 Å². The minimum absolute atomic E-state index is 0.105. The number of nitro groups is 1. The van der Waals surface area contributed by atoms with Crippen molar-refractivity contribution in [3.05, 3.63) is 58.4 Å². The molecule has 0 saturated heterocycles. The van der Waals surface area contributed by atoms with E-state index < -0.39 is 10.7 Å². The Kier molecular flexibility index (Phi) is 4.01. The van der Waals surface area contributed by atoms with Crippen LogP contribution in [-0.2, 0) is 0 Å². The van der Waals surface area contributed by atoms with Gasteiger partial charge >= 0.3 is 5.69 Å². The van der Waals surface area contributed by atoms with Gasteiger partial charge in [-0.3, -0.25) is 10.1 Å². The number of rotatable bonds is 4. The maximum absolute atomic E-state index is 13.2. The zero-order valence-electron chi connectivity index (χ0n) is 10.00. The van der Waals surface area contributed by atoms with Crippen molar-refractivity contribution in [1.82, 2.24) is 0 Å². The quantitative estimate of drug-likeness (QED) is 0.477. The van der Waals surface area contributed by atoms with Crippen LogP contribution >= 0.6 is 11.8 Å². The van der Waals surface area contributed by atoms with Gasteiger partial charge in [-0.25, -0.2) is 4.39 Å². The molecule has 6 heteroatoms. The van der Waals surface area contributed by atoms with Crippen LogP contribution in [-0.4, -0.2) is 11.2 Å². The predicted molar refractivity (Wildman–Crippen MR) is 71.4 cm³/mol. The van der Waals surface area contributed by atoms with Gasteiger partial charge in [0.05, 0.1) is 4.92 Å². The number of para-hydroxylation sites is 1. The van der Waals surface area contributed by atoms with Gasteiger partial charge in [-0.1, -0.05) is 12.1 Å². The van der Waals surface area contributed by atoms with E-state index in [-0.39, 0.29) is 11.4 Å². The fourth-order valence-electron chi connectivity index (χ4n) is 1.54. The number of thioether (sulfide) groups is 1. The maximum atomic E-state index is 13.2. The molecule has 0 saturated carbocycles. The fourth-order valence-corrected chi connectivity index (χ4v) is 2.07. The molecule has 98 valence electrons. The van der Waals surface area contributed by atoms with Crippen LogP contribution in [0.2, 0.25) is 0 Å². The Balaban J connectivity index is 2.42. The first-order chi connectivity index (χ1) is 9.11. The summed E-state index contributed by atoms with van der Waals surface area (Å²) >= 11 is 1.44. The summed E-state index contributed by atoms with van der Waals surface area (Å²) in [6.07, 6.45) is 1.86. The molecule has 0 amide bonds. The molecule has 0 N–H and O–H groups in total. The normalized spacial score (nSPS) is 10.2. The predicted octanol–water partition coefficient (Wildman–Crippen LogP) is 4.25. The number of halogens is 1. The van der Waals surface area contributed by atoms with Crippen LogP contribution in [0.15, 0.2) is 47.4 Å². The average molecular weight is 279 g/mol. The molecular weight excluding hydrogens is 269 g/mol. The van der Waals surface area contributed by atoms with Crippen molar-refractivity contribution >= 4 is 17.4 Å². The third-order valence-electron chi connectivity index (χ3n) is 2.41. The summed E-state index contributed by atoms with van der Waals surface area (Å²) in [7, 11) is 0. The lowest BCUT2D eigenvalue weighted by Gasteiger charge is -2.09. The SMILES string of the molecule is CSc1ccccc1Oc1cc(F)ccc1[N+](=O)[O-]. The fraction of sp³-hybridized carbons (Fsp3) is 0.0769. The molecule has 0 aliphatic carbocycles. The number of nitrogens with zero attached hydrogens (tertiary/aromatic N) is 1. The monoisotopic (exact) mass is 279 g/mol. The molecule has 0 aliphatic rings. The van der Waals surface area contributed by atoms with Crippen LogP contribution in [0.3, 0.4) is 0 Å². The number of hydrogen-bond donors (Lipinski definition) is 0. The Morgan fingerprint density at radius 1 is 1.21 bits per heavy atom. The average Bonchev–Trinajstić information content (AvgIpc) is 2.39. The molecule has 0 aromatic heterocycles. The maximum Gasteiger partial charge on any atom is 0.311 e. The Morgan fingerprint density at radius 3 is 2.63 bits per heavy atom. The number of hydrogen-bond acceptors (Lipinski definition) is 4. The van der Waals surface area contributed by atoms with Gasteiger partial charge in [0.15, 0.2) is 0 Å². The molecule has 0 fully saturated rings. The summed E-state index contributed by atoms with van der Waals surface area (Å²) in [5, 5.41) is 10.9. The molecule has 0 bridgehead atoms. The van der Waals surface area contributed by atoms with Gasteiger partial charge in [0, 0.05) is 17.0 Å². The van der Waals surface area contributed by atoms with Crippen LogP contribution in [0.25, 0.3) is 0 Å². The lowest BCUT2D eigenvalue weighted by atomic mass is 10.3. The molecule has 0 spiro atoms. The molecular formula is C13H10FNO3S. The van der Waals surface area contributed by atoms with Gasteiger partial charge in [-0.2, -0.15) is 0 Å². The molecule has 2 aromatic carbocycles. The van der Waals surface area contributed by atoms with Gasteiger partial charge in [0.1, 0.15) is 11.6 Å². The largest absolute Gasteiger partial charge is 0.449 e. The van der Waals surface area contributed by atoms with E-state index >= 15 is 0 Å². The highest BCUT2D eigenvalue weighted by Crippen LogP contribution is 2.36. The first-order valence-electron chi connectivity index (χ1n) is 5.36. The highest BCUT2D eigenvalue weighted by atomic mass is 32.2. The standard InChI is InChI=1S/C13H10FNO3S/c1-19-13-5-3-2-4-11(13)18-12-8-9(14)6-7-10(12)15(16)17/h2-8H,1H3.